The molecular weight excluding hydrogens is 253 g/mol. The van der Waals surface area contributed by atoms with Crippen molar-refractivity contribution in [2.75, 3.05) is 6.61 Å². The molecule has 0 aliphatic carbocycles. The van der Waals surface area contributed by atoms with Crippen molar-refractivity contribution in [2.45, 2.75) is 31.9 Å². The fraction of sp³-hybridized carbons (Fsp3) is 0.857. The number of carbonyl (C=O) groups excluding carboxylic acids is 1. The van der Waals surface area contributed by atoms with Crippen LogP contribution >= 0.6 is 0 Å². The first-order valence-electron chi connectivity index (χ1n) is 4.03. The average molecular weight is 264 g/mol. The minimum absolute atomic E-state index is 0.928. The van der Waals surface area contributed by atoms with Gasteiger partial charge in [0.2, 0.25) is 0 Å². The Morgan fingerprint density at radius 3 is 1.94 bits per heavy atom. The zero-order chi connectivity index (χ0) is 13.2. The van der Waals surface area contributed by atoms with Gasteiger partial charge in [-0.25, -0.2) is 4.79 Å². The summed E-state index contributed by atoms with van der Waals surface area (Å²) in [7, 11) is -5.75. The molecule has 0 aliphatic rings. The second-order valence-corrected chi connectivity index (χ2v) is 5.36. The molecule has 16 heavy (non-hydrogen) atoms. The van der Waals surface area contributed by atoms with Gasteiger partial charge < -0.3 is 4.74 Å². The number of hydrogen-bond acceptors (Lipinski definition) is 5. The molecule has 0 atom stereocenters. The number of esters is 1. The molecule has 0 saturated carbocycles. The molecule has 9 heteroatoms. The summed E-state index contributed by atoms with van der Waals surface area (Å²) in [6.45, 7) is 3.12. The average Bonchev–Trinajstić information content (AvgIpc) is 1.95. The van der Waals surface area contributed by atoms with Crippen LogP contribution in [0, 0.1) is 0 Å². The van der Waals surface area contributed by atoms with E-state index in [1.54, 1.807) is 0 Å². The van der Waals surface area contributed by atoms with Gasteiger partial charge in [-0.15, -0.1) is 0 Å². The second-order valence-electron chi connectivity index (χ2n) is 3.75. The number of carbonyl (C=O) groups is 1. The lowest BCUT2D eigenvalue weighted by atomic mass is 10.2. The zero-order valence-corrected chi connectivity index (χ0v) is 9.61. The van der Waals surface area contributed by atoms with E-state index in [1.165, 1.54) is 20.8 Å². The van der Waals surface area contributed by atoms with Crippen molar-refractivity contribution in [2.24, 2.45) is 0 Å². The Kier molecular flexibility index (Phi) is 4.34. The molecule has 0 rings (SSSR count). The van der Waals surface area contributed by atoms with E-state index in [2.05, 4.69) is 8.92 Å². The smallest absolute Gasteiger partial charge is 0.458 e. The monoisotopic (exact) mass is 264 g/mol. The van der Waals surface area contributed by atoms with Gasteiger partial charge in [-0.1, -0.05) is 0 Å². The van der Waals surface area contributed by atoms with E-state index >= 15 is 0 Å². The maximum absolute atomic E-state index is 11.8. The molecular formula is C7H11F3O5S. The molecule has 0 bridgehead atoms. The summed E-state index contributed by atoms with van der Waals surface area (Å²) >= 11 is 0. The quantitative estimate of drug-likeness (QED) is 0.435. The van der Waals surface area contributed by atoms with Crippen LogP contribution in [-0.4, -0.2) is 32.1 Å². The Morgan fingerprint density at radius 2 is 1.62 bits per heavy atom. The first kappa shape index (κ1) is 15.2. The van der Waals surface area contributed by atoms with E-state index in [0.717, 1.165) is 0 Å². The molecule has 0 aromatic rings. The summed E-state index contributed by atoms with van der Waals surface area (Å²) in [5, 5.41) is 0. The van der Waals surface area contributed by atoms with Gasteiger partial charge in [0.1, 0.15) is 5.60 Å². The summed E-state index contributed by atoms with van der Waals surface area (Å²) in [6, 6.07) is 0. The van der Waals surface area contributed by atoms with Gasteiger partial charge >= 0.3 is 21.6 Å². The SMILES string of the molecule is CC(C)(C)OC(=O)COS(=O)(=O)C(F)(F)F. The molecule has 96 valence electrons. The van der Waals surface area contributed by atoms with Gasteiger partial charge in [0.05, 0.1) is 0 Å². The lowest BCUT2D eigenvalue weighted by Crippen LogP contribution is -2.31. The van der Waals surface area contributed by atoms with E-state index in [0.29, 0.717) is 0 Å². The number of rotatable bonds is 3. The van der Waals surface area contributed by atoms with Crippen LogP contribution in [0.2, 0.25) is 0 Å². The highest BCUT2D eigenvalue weighted by Gasteiger charge is 2.47. The van der Waals surface area contributed by atoms with Gasteiger partial charge in [-0.2, -0.15) is 21.6 Å². The molecule has 0 spiro atoms. The van der Waals surface area contributed by atoms with Gasteiger partial charge in [0.15, 0.2) is 6.61 Å². The van der Waals surface area contributed by atoms with Crippen LogP contribution in [0.3, 0.4) is 0 Å². The molecule has 0 unspecified atom stereocenters. The van der Waals surface area contributed by atoms with Crippen LogP contribution in [0.1, 0.15) is 20.8 Å². The predicted octanol–water partition coefficient (Wildman–Crippen LogP) is 1.19. The lowest BCUT2D eigenvalue weighted by Gasteiger charge is -2.19. The molecule has 0 fully saturated rings. The number of halogens is 3. The molecule has 0 saturated heterocycles. The molecule has 0 N–H and O–H groups in total. The Hall–Kier alpha value is -0.830. The van der Waals surface area contributed by atoms with Crippen LogP contribution in [-0.2, 0) is 23.8 Å². The summed E-state index contributed by atoms with van der Waals surface area (Å²) in [4.78, 5) is 10.9. The molecule has 5 nitrogen and oxygen atoms in total. The van der Waals surface area contributed by atoms with E-state index in [-0.39, 0.29) is 0 Å². The Balaban J connectivity index is 4.34. The predicted molar refractivity (Wildman–Crippen MR) is 46.8 cm³/mol. The third-order valence-corrected chi connectivity index (χ3v) is 2.03. The van der Waals surface area contributed by atoms with Crippen molar-refractivity contribution in [1.82, 2.24) is 0 Å². The molecule has 0 amide bonds. The van der Waals surface area contributed by atoms with Gasteiger partial charge in [0.25, 0.3) is 0 Å². The largest absolute Gasteiger partial charge is 0.523 e. The van der Waals surface area contributed by atoms with E-state index in [9.17, 15) is 26.4 Å². The highest BCUT2D eigenvalue weighted by Crippen LogP contribution is 2.24. The molecule has 0 heterocycles. The van der Waals surface area contributed by atoms with E-state index < -0.39 is 33.8 Å². The minimum Gasteiger partial charge on any atom is -0.458 e. The van der Waals surface area contributed by atoms with Crippen molar-refractivity contribution in [3.05, 3.63) is 0 Å². The third-order valence-electron chi connectivity index (χ3n) is 1.04. The second kappa shape index (κ2) is 4.58. The van der Waals surface area contributed by atoms with E-state index in [1.807, 2.05) is 0 Å². The molecule has 0 aromatic carbocycles. The number of ether oxygens (including phenoxy) is 1. The third kappa shape index (κ3) is 5.31. The van der Waals surface area contributed by atoms with Crippen molar-refractivity contribution in [3.8, 4) is 0 Å². The Bertz CT molecular complexity index is 351. The fourth-order valence-corrected chi connectivity index (χ4v) is 0.948. The van der Waals surface area contributed by atoms with Gasteiger partial charge in [0, 0.05) is 0 Å². The van der Waals surface area contributed by atoms with Crippen molar-refractivity contribution < 1.29 is 35.3 Å². The molecule has 0 aliphatic heterocycles. The van der Waals surface area contributed by atoms with Crippen LogP contribution in [0.15, 0.2) is 0 Å². The fourth-order valence-electron chi connectivity index (χ4n) is 0.563. The maximum Gasteiger partial charge on any atom is 0.523 e. The Labute approximate surface area is 90.6 Å². The number of hydrogen-bond donors (Lipinski definition) is 0. The van der Waals surface area contributed by atoms with Crippen LogP contribution < -0.4 is 0 Å². The molecule has 0 aromatic heterocycles. The van der Waals surface area contributed by atoms with Crippen LogP contribution in [0.25, 0.3) is 0 Å². The van der Waals surface area contributed by atoms with Gasteiger partial charge in [-0.3, -0.25) is 4.18 Å². The Morgan fingerprint density at radius 1 is 1.19 bits per heavy atom. The van der Waals surface area contributed by atoms with Crippen molar-refractivity contribution in [1.29, 1.82) is 0 Å². The first-order chi connectivity index (χ1) is 6.85. The van der Waals surface area contributed by atoms with E-state index in [4.69, 9.17) is 0 Å². The van der Waals surface area contributed by atoms with Gasteiger partial charge in [-0.05, 0) is 20.8 Å². The summed E-state index contributed by atoms with van der Waals surface area (Å²) < 4.78 is 64.0. The van der Waals surface area contributed by atoms with Crippen molar-refractivity contribution in [3.63, 3.8) is 0 Å². The maximum atomic E-state index is 11.8. The van der Waals surface area contributed by atoms with Crippen LogP contribution in [0.5, 0.6) is 0 Å². The minimum atomic E-state index is -5.75. The van der Waals surface area contributed by atoms with Crippen molar-refractivity contribution >= 4 is 16.1 Å². The highest BCUT2D eigenvalue weighted by molar-refractivity contribution is 7.87. The highest BCUT2D eigenvalue weighted by atomic mass is 32.2. The first-order valence-corrected chi connectivity index (χ1v) is 5.43. The summed E-state index contributed by atoms with van der Waals surface area (Å²) in [5.74, 6) is -1.19. The standard InChI is InChI=1S/C7H11F3O5S/c1-6(2,3)15-5(11)4-14-16(12,13)7(8,9)10/h4H2,1-3H3. The summed E-state index contributed by atoms with van der Waals surface area (Å²) in [5.41, 5.74) is -6.47. The molecule has 0 radical (unpaired) electrons. The topological polar surface area (TPSA) is 69.7 Å². The zero-order valence-electron chi connectivity index (χ0n) is 8.79. The summed E-state index contributed by atoms with van der Waals surface area (Å²) in [6.07, 6.45) is 0. The number of alkyl halides is 3. The normalized spacial score (nSPS) is 13.6. The van der Waals surface area contributed by atoms with Crippen LogP contribution in [0.4, 0.5) is 13.2 Å². The lowest BCUT2D eigenvalue weighted by molar-refractivity contribution is -0.157.